The van der Waals surface area contributed by atoms with Gasteiger partial charge in [-0.15, -0.1) is 0 Å². The smallest absolute Gasteiger partial charge is 0.269 e. The summed E-state index contributed by atoms with van der Waals surface area (Å²) in [6.07, 6.45) is 0. The van der Waals surface area contributed by atoms with Gasteiger partial charge in [0.05, 0.1) is 21.3 Å². The summed E-state index contributed by atoms with van der Waals surface area (Å²) >= 11 is 0. The molecule has 9 nitrogen and oxygen atoms in total. The highest BCUT2D eigenvalue weighted by Crippen LogP contribution is 2.38. The van der Waals surface area contributed by atoms with Crippen molar-refractivity contribution < 1.29 is 28.6 Å². The Morgan fingerprint density at radius 1 is 0.647 bits per heavy atom. The van der Waals surface area contributed by atoms with Crippen molar-refractivity contribution in [2.75, 3.05) is 26.6 Å². The fourth-order valence-corrected chi connectivity index (χ4v) is 3.12. The Balaban J connectivity index is 1.67. The molecule has 0 atom stereocenters. The lowest BCUT2D eigenvalue weighted by molar-refractivity contribution is 0.0846. The summed E-state index contributed by atoms with van der Waals surface area (Å²) in [4.78, 5) is 37.6. The topological polar surface area (TPSA) is 115 Å². The molecule has 0 aliphatic carbocycles. The minimum absolute atomic E-state index is 0.189. The Hall–Kier alpha value is -4.53. The number of anilines is 1. The van der Waals surface area contributed by atoms with Gasteiger partial charge in [0.2, 0.25) is 5.75 Å². The molecule has 0 aliphatic heterocycles. The van der Waals surface area contributed by atoms with Gasteiger partial charge in [-0.25, -0.2) is 0 Å². The summed E-state index contributed by atoms with van der Waals surface area (Å²) in [7, 11) is 4.33. The second kappa shape index (κ2) is 10.9. The van der Waals surface area contributed by atoms with Crippen LogP contribution in [0.1, 0.15) is 36.6 Å². The van der Waals surface area contributed by atoms with Gasteiger partial charge < -0.3 is 19.5 Å². The number of carbonyl (C=O) groups is 3. The first-order chi connectivity index (χ1) is 16.4. The maximum absolute atomic E-state index is 12.6. The van der Waals surface area contributed by atoms with E-state index in [2.05, 4.69) is 16.2 Å². The van der Waals surface area contributed by atoms with Crippen LogP contribution in [0.4, 0.5) is 5.69 Å². The molecule has 3 aromatic rings. The SMILES string of the molecule is COc1cc(C(=O)NNC(=O)c2cccc(NC(=O)c3ccc(C)cc3)c2)cc(OC)c1OC. The lowest BCUT2D eigenvalue weighted by Crippen LogP contribution is -2.41. The summed E-state index contributed by atoms with van der Waals surface area (Å²) in [5, 5.41) is 2.75. The van der Waals surface area contributed by atoms with Crippen molar-refractivity contribution >= 4 is 23.4 Å². The van der Waals surface area contributed by atoms with Gasteiger partial charge in [0.25, 0.3) is 17.7 Å². The fourth-order valence-electron chi connectivity index (χ4n) is 3.12. The van der Waals surface area contributed by atoms with Crippen LogP contribution in [0.15, 0.2) is 60.7 Å². The highest BCUT2D eigenvalue weighted by atomic mass is 16.5. The zero-order valence-corrected chi connectivity index (χ0v) is 19.2. The maximum atomic E-state index is 12.6. The molecule has 3 amide bonds. The van der Waals surface area contributed by atoms with Gasteiger partial charge in [0.1, 0.15) is 0 Å². The van der Waals surface area contributed by atoms with Crippen molar-refractivity contribution in [1.29, 1.82) is 0 Å². The number of hydrogen-bond acceptors (Lipinski definition) is 6. The van der Waals surface area contributed by atoms with Gasteiger partial charge in [0, 0.05) is 22.4 Å². The number of nitrogens with one attached hydrogen (secondary N) is 3. The Bertz CT molecular complexity index is 1180. The minimum Gasteiger partial charge on any atom is -0.493 e. The number of methoxy groups -OCH3 is 3. The zero-order chi connectivity index (χ0) is 24.7. The molecule has 0 aromatic heterocycles. The average Bonchev–Trinajstić information content (AvgIpc) is 2.86. The second-order valence-electron chi connectivity index (χ2n) is 7.22. The normalized spacial score (nSPS) is 10.1. The summed E-state index contributed by atoms with van der Waals surface area (Å²) in [5.41, 5.74) is 7.12. The molecule has 176 valence electrons. The van der Waals surface area contributed by atoms with Crippen LogP contribution in [0.25, 0.3) is 0 Å². The molecule has 3 rings (SSSR count). The third-order valence-corrected chi connectivity index (χ3v) is 4.91. The monoisotopic (exact) mass is 463 g/mol. The van der Waals surface area contributed by atoms with Crippen LogP contribution < -0.4 is 30.4 Å². The van der Waals surface area contributed by atoms with E-state index >= 15 is 0 Å². The van der Waals surface area contributed by atoms with Crippen molar-refractivity contribution in [2.45, 2.75) is 6.92 Å². The van der Waals surface area contributed by atoms with Crippen LogP contribution in [-0.4, -0.2) is 39.1 Å². The van der Waals surface area contributed by atoms with Gasteiger partial charge in [-0.05, 0) is 49.4 Å². The Labute approximate surface area is 197 Å². The van der Waals surface area contributed by atoms with Crippen molar-refractivity contribution in [3.8, 4) is 17.2 Å². The van der Waals surface area contributed by atoms with E-state index in [1.54, 1.807) is 30.3 Å². The molecular formula is C25H25N3O6. The van der Waals surface area contributed by atoms with Gasteiger partial charge in [-0.3, -0.25) is 25.2 Å². The number of hydrogen-bond donors (Lipinski definition) is 3. The number of hydrazine groups is 1. The van der Waals surface area contributed by atoms with E-state index in [0.29, 0.717) is 28.5 Å². The first kappa shape index (κ1) is 24.1. The van der Waals surface area contributed by atoms with Gasteiger partial charge in [-0.2, -0.15) is 0 Å². The van der Waals surface area contributed by atoms with E-state index in [1.165, 1.54) is 39.5 Å². The molecule has 0 bridgehead atoms. The summed E-state index contributed by atoms with van der Waals surface area (Å²) in [6.45, 7) is 1.93. The van der Waals surface area contributed by atoms with Crippen molar-refractivity contribution in [3.63, 3.8) is 0 Å². The number of benzene rings is 3. The van der Waals surface area contributed by atoms with Gasteiger partial charge >= 0.3 is 0 Å². The maximum Gasteiger partial charge on any atom is 0.269 e. The predicted molar refractivity (Wildman–Crippen MR) is 127 cm³/mol. The quantitative estimate of drug-likeness (QED) is 0.463. The van der Waals surface area contributed by atoms with E-state index in [4.69, 9.17) is 14.2 Å². The van der Waals surface area contributed by atoms with Crippen molar-refractivity contribution in [2.24, 2.45) is 0 Å². The first-order valence-electron chi connectivity index (χ1n) is 10.2. The second-order valence-corrected chi connectivity index (χ2v) is 7.22. The standard InChI is InChI=1S/C25H25N3O6/c1-15-8-10-16(11-9-15)23(29)26-19-7-5-6-17(12-19)24(30)27-28-25(31)18-13-20(32-2)22(34-4)21(14-18)33-3/h5-14H,1-4H3,(H,26,29)(H,27,30)(H,28,31). The zero-order valence-electron chi connectivity index (χ0n) is 19.2. The summed E-state index contributed by atoms with van der Waals surface area (Å²) < 4.78 is 15.7. The van der Waals surface area contributed by atoms with Crippen molar-refractivity contribution in [1.82, 2.24) is 10.9 Å². The molecule has 9 heteroatoms. The van der Waals surface area contributed by atoms with Crippen LogP contribution in [-0.2, 0) is 0 Å². The molecular weight excluding hydrogens is 438 g/mol. The largest absolute Gasteiger partial charge is 0.493 e. The number of ether oxygens (including phenoxy) is 3. The predicted octanol–water partition coefficient (Wildman–Crippen LogP) is 3.35. The summed E-state index contributed by atoms with van der Waals surface area (Å²) in [6, 6.07) is 16.4. The number of carbonyl (C=O) groups excluding carboxylic acids is 3. The molecule has 3 N–H and O–H groups in total. The van der Waals surface area contributed by atoms with Crippen molar-refractivity contribution in [3.05, 3.63) is 82.9 Å². The molecule has 0 unspecified atom stereocenters. The van der Waals surface area contributed by atoms with Crippen LogP contribution >= 0.6 is 0 Å². The summed E-state index contributed by atoms with van der Waals surface area (Å²) in [5.74, 6) is -0.502. The molecule has 0 saturated carbocycles. The molecule has 0 aliphatic rings. The van der Waals surface area contributed by atoms with E-state index in [9.17, 15) is 14.4 Å². The highest BCUT2D eigenvalue weighted by molar-refractivity contribution is 6.05. The van der Waals surface area contributed by atoms with Gasteiger partial charge in [0.15, 0.2) is 11.5 Å². The lowest BCUT2D eigenvalue weighted by Gasteiger charge is -2.14. The number of rotatable bonds is 7. The Kier molecular flexibility index (Phi) is 7.71. The Morgan fingerprint density at radius 2 is 1.24 bits per heavy atom. The molecule has 0 spiro atoms. The Morgan fingerprint density at radius 3 is 1.79 bits per heavy atom. The minimum atomic E-state index is -0.587. The van der Waals surface area contributed by atoms with Crippen LogP contribution in [0, 0.1) is 6.92 Å². The molecule has 3 aromatic carbocycles. The first-order valence-corrected chi connectivity index (χ1v) is 10.2. The van der Waals surface area contributed by atoms with E-state index in [1.807, 2.05) is 19.1 Å². The third kappa shape index (κ3) is 5.63. The molecule has 34 heavy (non-hydrogen) atoms. The van der Waals surface area contributed by atoms with Crippen LogP contribution in [0.3, 0.4) is 0 Å². The number of amides is 3. The molecule has 0 saturated heterocycles. The molecule has 0 radical (unpaired) electrons. The molecule has 0 fully saturated rings. The van der Waals surface area contributed by atoms with E-state index in [0.717, 1.165) is 5.56 Å². The van der Waals surface area contributed by atoms with Crippen LogP contribution in [0.5, 0.6) is 17.2 Å². The van der Waals surface area contributed by atoms with Crippen LogP contribution in [0.2, 0.25) is 0 Å². The highest BCUT2D eigenvalue weighted by Gasteiger charge is 2.18. The lowest BCUT2D eigenvalue weighted by atomic mass is 10.1. The average molecular weight is 463 g/mol. The van der Waals surface area contributed by atoms with Gasteiger partial charge in [-0.1, -0.05) is 23.8 Å². The number of aryl methyl sites for hydroxylation is 1. The third-order valence-electron chi connectivity index (χ3n) is 4.91. The van der Waals surface area contributed by atoms with E-state index in [-0.39, 0.29) is 17.0 Å². The molecule has 0 heterocycles. The fraction of sp³-hybridized carbons (Fsp3) is 0.160. The van der Waals surface area contributed by atoms with E-state index < -0.39 is 11.8 Å².